The standard InChI is InChI=1S/C9H9NO2/c11-9(12)8-5-6-3-1-2-4-7(6)10-8/h1,3,5,10H,2,4H2,(H,11,12). The second kappa shape index (κ2) is 2.52. The minimum atomic E-state index is -0.891. The first kappa shape index (κ1) is 7.16. The molecule has 2 rings (SSSR count). The van der Waals surface area contributed by atoms with Crippen molar-refractivity contribution in [3.8, 4) is 0 Å². The summed E-state index contributed by atoms with van der Waals surface area (Å²) in [7, 11) is 0. The van der Waals surface area contributed by atoms with E-state index in [9.17, 15) is 4.79 Å². The van der Waals surface area contributed by atoms with Crippen LogP contribution < -0.4 is 0 Å². The van der Waals surface area contributed by atoms with E-state index < -0.39 is 5.97 Å². The largest absolute Gasteiger partial charge is 0.477 e. The van der Waals surface area contributed by atoms with Gasteiger partial charge >= 0.3 is 5.97 Å². The fourth-order valence-electron chi connectivity index (χ4n) is 1.42. The summed E-state index contributed by atoms with van der Waals surface area (Å²) in [4.78, 5) is 13.4. The zero-order chi connectivity index (χ0) is 8.55. The van der Waals surface area contributed by atoms with Crippen LogP contribution in [0.3, 0.4) is 0 Å². The van der Waals surface area contributed by atoms with Gasteiger partial charge in [0.15, 0.2) is 0 Å². The van der Waals surface area contributed by atoms with E-state index >= 15 is 0 Å². The molecular formula is C9H9NO2. The van der Waals surface area contributed by atoms with Crippen LogP contribution in [0.25, 0.3) is 6.08 Å². The van der Waals surface area contributed by atoms with E-state index in [0.29, 0.717) is 0 Å². The van der Waals surface area contributed by atoms with Crippen LogP contribution in [0.15, 0.2) is 12.1 Å². The van der Waals surface area contributed by atoms with Gasteiger partial charge in [-0.25, -0.2) is 4.79 Å². The molecule has 0 bridgehead atoms. The van der Waals surface area contributed by atoms with Gasteiger partial charge in [0.2, 0.25) is 0 Å². The maximum Gasteiger partial charge on any atom is 0.352 e. The second-order valence-electron chi connectivity index (χ2n) is 2.86. The number of allylic oxidation sites excluding steroid dienone is 1. The highest BCUT2D eigenvalue weighted by atomic mass is 16.4. The average Bonchev–Trinajstić information content (AvgIpc) is 2.46. The first-order valence-corrected chi connectivity index (χ1v) is 3.89. The number of nitrogens with one attached hydrogen (secondary N) is 1. The minimum absolute atomic E-state index is 0.284. The zero-order valence-corrected chi connectivity index (χ0v) is 6.50. The van der Waals surface area contributed by atoms with E-state index in [2.05, 4.69) is 11.1 Å². The number of carboxylic acids is 1. The molecule has 1 aliphatic rings. The number of aromatic nitrogens is 1. The molecule has 0 saturated heterocycles. The van der Waals surface area contributed by atoms with Crippen LogP contribution in [-0.2, 0) is 6.42 Å². The Bertz CT molecular complexity index is 349. The van der Waals surface area contributed by atoms with Gasteiger partial charge in [0.05, 0.1) is 0 Å². The molecule has 1 aliphatic carbocycles. The van der Waals surface area contributed by atoms with Crippen molar-refractivity contribution in [2.45, 2.75) is 12.8 Å². The van der Waals surface area contributed by atoms with Gasteiger partial charge in [-0.3, -0.25) is 0 Å². The highest BCUT2D eigenvalue weighted by Gasteiger charge is 2.12. The smallest absolute Gasteiger partial charge is 0.352 e. The van der Waals surface area contributed by atoms with Gasteiger partial charge < -0.3 is 10.1 Å². The van der Waals surface area contributed by atoms with Crippen molar-refractivity contribution < 1.29 is 9.90 Å². The number of carboxylic acid groups (broad SMARTS) is 1. The van der Waals surface area contributed by atoms with Crippen LogP contribution in [0.1, 0.15) is 28.2 Å². The predicted octanol–water partition coefficient (Wildman–Crippen LogP) is 1.67. The van der Waals surface area contributed by atoms with Crippen molar-refractivity contribution in [3.63, 3.8) is 0 Å². The van der Waals surface area contributed by atoms with E-state index in [1.54, 1.807) is 6.07 Å². The van der Waals surface area contributed by atoms with Gasteiger partial charge in [-0.1, -0.05) is 12.2 Å². The Labute approximate surface area is 69.7 Å². The van der Waals surface area contributed by atoms with Crippen molar-refractivity contribution in [2.24, 2.45) is 0 Å². The first-order chi connectivity index (χ1) is 5.77. The summed E-state index contributed by atoms with van der Waals surface area (Å²) < 4.78 is 0. The lowest BCUT2D eigenvalue weighted by Crippen LogP contribution is -1.96. The third-order valence-corrected chi connectivity index (χ3v) is 2.02. The minimum Gasteiger partial charge on any atom is -0.477 e. The number of rotatable bonds is 1. The number of hydrogen-bond acceptors (Lipinski definition) is 1. The van der Waals surface area contributed by atoms with Gasteiger partial charge in [-0.2, -0.15) is 0 Å². The Kier molecular flexibility index (Phi) is 1.50. The molecule has 0 radical (unpaired) electrons. The number of H-pyrrole nitrogens is 1. The summed E-state index contributed by atoms with van der Waals surface area (Å²) in [6.07, 6.45) is 5.93. The molecule has 0 atom stereocenters. The number of aromatic amines is 1. The molecule has 3 nitrogen and oxygen atoms in total. The highest BCUT2D eigenvalue weighted by Crippen LogP contribution is 2.19. The van der Waals surface area contributed by atoms with Gasteiger partial charge in [-0.05, 0) is 24.5 Å². The van der Waals surface area contributed by atoms with Crippen LogP contribution in [-0.4, -0.2) is 16.1 Å². The Morgan fingerprint density at radius 3 is 3.08 bits per heavy atom. The number of carbonyl (C=O) groups is 1. The quantitative estimate of drug-likeness (QED) is 0.661. The van der Waals surface area contributed by atoms with E-state index in [1.165, 1.54) is 0 Å². The van der Waals surface area contributed by atoms with E-state index in [-0.39, 0.29) is 5.69 Å². The summed E-state index contributed by atoms with van der Waals surface area (Å²) in [5.74, 6) is -0.891. The van der Waals surface area contributed by atoms with Crippen LogP contribution in [0.4, 0.5) is 0 Å². The van der Waals surface area contributed by atoms with Crippen LogP contribution in [0.2, 0.25) is 0 Å². The summed E-state index contributed by atoms with van der Waals surface area (Å²) in [5.41, 5.74) is 2.33. The van der Waals surface area contributed by atoms with Gasteiger partial charge in [0, 0.05) is 5.69 Å². The Morgan fingerprint density at radius 1 is 1.58 bits per heavy atom. The molecule has 0 aliphatic heterocycles. The van der Waals surface area contributed by atoms with Crippen LogP contribution in [0.5, 0.6) is 0 Å². The highest BCUT2D eigenvalue weighted by molar-refractivity contribution is 5.87. The third kappa shape index (κ3) is 1.03. The summed E-state index contributed by atoms with van der Waals surface area (Å²) in [6.45, 7) is 0. The first-order valence-electron chi connectivity index (χ1n) is 3.89. The normalized spacial score (nSPS) is 14.3. The Hall–Kier alpha value is -1.51. The molecule has 1 heterocycles. The second-order valence-corrected chi connectivity index (χ2v) is 2.86. The molecule has 0 spiro atoms. The predicted molar refractivity (Wildman–Crippen MR) is 45.1 cm³/mol. The number of aryl methyl sites for hydroxylation is 1. The lowest BCUT2D eigenvalue weighted by molar-refractivity contribution is 0.0691. The van der Waals surface area contributed by atoms with E-state index in [0.717, 1.165) is 24.1 Å². The Balaban J connectivity index is 2.46. The van der Waals surface area contributed by atoms with E-state index in [4.69, 9.17) is 5.11 Å². The van der Waals surface area contributed by atoms with Gasteiger partial charge in [0.1, 0.15) is 5.69 Å². The molecule has 0 saturated carbocycles. The van der Waals surface area contributed by atoms with Crippen molar-refractivity contribution in [1.82, 2.24) is 4.98 Å². The maximum absolute atomic E-state index is 10.6. The number of hydrogen-bond donors (Lipinski definition) is 2. The third-order valence-electron chi connectivity index (χ3n) is 2.02. The lowest BCUT2D eigenvalue weighted by atomic mass is 10.1. The van der Waals surface area contributed by atoms with Crippen molar-refractivity contribution in [3.05, 3.63) is 29.1 Å². The molecule has 0 aromatic carbocycles. The van der Waals surface area contributed by atoms with Crippen LogP contribution >= 0.6 is 0 Å². The fourth-order valence-corrected chi connectivity index (χ4v) is 1.42. The molecule has 62 valence electrons. The number of aromatic carboxylic acids is 1. The summed E-state index contributed by atoms with van der Waals surface area (Å²) in [6, 6.07) is 1.67. The van der Waals surface area contributed by atoms with Crippen LogP contribution in [0, 0.1) is 0 Å². The molecule has 0 fully saturated rings. The molecule has 0 unspecified atom stereocenters. The van der Waals surface area contributed by atoms with Gasteiger partial charge in [0.25, 0.3) is 0 Å². The van der Waals surface area contributed by atoms with Gasteiger partial charge in [-0.15, -0.1) is 0 Å². The monoisotopic (exact) mass is 163 g/mol. The molecular weight excluding hydrogens is 154 g/mol. The average molecular weight is 163 g/mol. The topological polar surface area (TPSA) is 53.1 Å². The Morgan fingerprint density at radius 2 is 2.42 bits per heavy atom. The van der Waals surface area contributed by atoms with Crippen molar-refractivity contribution in [1.29, 1.82) is 0 Å². The zero-order valence-electron chi connectivity index (χ0n) is 6.50. The molecule has 12 heavy (non-hydrogen) atoms. The molecule has 1 aromatic rings. The maximum atomic E-state index is 10.6. The van der Waals surface area contributed by atoms with E-state index in [1.807, 2.05) is 6.08 Å². The van der Waals surface area contributed by atoms with Crippen molar-refractivity contribution in [2.75, 3.05) is 0 Å². The molecule has 2 N–H and O–H groups in total. The molecule has 0 amide bonds. The lowest BCUT2D eigenvalue weighted by Gasteiger charge is -2.01. The summed E-state index contributed by atoms with van der Waals surface area (Å²) in [5, 5.41) is 8.68. The van der Waals surface area contributed by atoms with Crippen molar-refractivity contribution >= 4 is 12.0 Å². The molecule has 1 aromatic heterocycles. The summed E-state index contributed by atoms with van der Waals surface area (Å²) >= 11 is 0. The molecule has 3 heteroatoms. The fraction of sp³-hybridized carbons (Fsp3) is 0.222. The number of fused-ring (bicyclic) bond motifs is 1. The SMILES string of the molecule is O=C(O)c1cc2c([nH]1)CCC=C2.